The lowest BCUT2D eigenvalue weighted by atomic mass is 10.2. The molecule has 0 aliphatic rings. The maximum Gasteiger partial charge on any atom is 0.0502 e. The van der Waals surface area contributed by atoms with Crippen molar-refractivity contribution in [2.75, 3.05) is 5.32 Å². The van der Waals surface area contributed by atoms with Crippen LogP contribution in [-0.4, -0.2) is 0 Å². The first-order valence-corrected chi connectivity index (χ1v) is 7.05. The van der Waals surface area contributed by atoms with E-state index in [4.69, 9.17) is 11.6 Å². The van der Waals surface area contributed by atoms with Gasteiger partial charge in [-0.05, 0) is 51.8 Å². The van der Waals surface area contributed by atoms with Crippen molar-refractivity contribution in [3.63, 3.8) is 0 Å². The number of nitrogens with one attached hydrogen (secondary N) is 1. The molecule has 0 aliphatic carbocycles. The summed E-state index contributed by atoms with van der Waals surface area (Å²) in [6.07, 6.45) is 0. The average molecular weight is 375 g/mol. The van der Waals surface area contributed by atoms with Crippen LogP contribution in [0.5, 0.6) is 0 Å². The molecule has 0 amide bonds. The molecule has 17 heavy (non-hydrogen) atoms. The van der Waals surface area contributed by atoms with Crippen molar-refractivity contribution in [2.45, 2.75) is 6.54 Å². The molecule has 0 unspecified atom stereocenters. The Morgan fingerprint density at radius 2 is 1.88 bits per heavy atom. The van der Waals surface area contributed by atoms with Gasteiger partial charge >= 0.3 is 0 Å². The lowest BCUT2D eigenvalue weighted by molar-refractivity contribution is 1.14. The first-order valence-electron chi connectivity index (χ1n) is 5.08. The summed E-state index contributed by atoms with van der Waals surface area (Å²) < 4.78 is 2.10. The van der Waals surface area contributed by atoms with Crippen molar-refractivity contribution in [1.29, 1.82) is 0 Å². The van der Waals surface area contributed by atoms with E-state index in [1.165, 1.54) is 5.56 Å². The van der Waals surface area contributed by atoms with Gasteiger partial charge in [-0.3, -0.25) is 0 Å². The van der Waals surface area contributed by atoms with E-state index < -0.39 is 0 Å². The standard InChI is InChI=1S/C13H10Br2ClN/c14-10-3-1-2-9(6-10)8-17-13-7-11(16)4-5-12(13)15/h1-7,17H,8H2. The third-order valence-corrected chi connectivity index (χ3v) is 3.72. The highest BCUT2D eigenvalue weighted by atomic mass is 79.9. The van der Waals surface area contributed by atoms with Gasteiger partial charge in [0.2, 0.25) is 0 Å². The molecule has 0 heterocycles. The Morgan fingerprint density at radius 3 is 2.65 bits per heavy atom. The highest BCUT2D eigenvalue weighted by Gasteiger charge is 2.01. The minimum Gasteiger partial charge on any atom is -0.380 e. The van der Waals surface area contributed by atoms with Gasteiger partial charge < -0.3 is 5.32 Å². The van der Waals surface area contributed by atoms with Gasteiger partial charge in [0.1, 0.15) is 0 Å². The van der Waals surface area contributed by atoms with Gasteiger partial charge in [-0.15, -0.1) is 0 Å². The fraction of sp³-hybridized carbons (Fsp3) is 0.0769. The zero-order valence-corrected chi connectivity index (χ0v) is 12.8. The van der Waals surface area contributed by atoms with Crippen molar-refractivity contribution in [3.8, 4) is 0 Å². The molecule has 4 heteroatoms. The molecule has 2 rings (SSSR count). The number of anilines is 1. The third kappa shape index (κ3) is 3.73. The smallest absolute Gasteiger partial charge is 0.0502 e. The Kier molecular flexibility index (Phi) is 4.48. The second-order valence-corrected chi connectivity index (χ2v) is 5.81. The summed E-state index contributed by atoms with van der Waals surface area (Å²) in [6.45, 7) is 0.762. The molecule has 0 saturated heterocycles. The Hall–Kier alpha value is -0.510. The molecule has 0 bridgehead atoms. The number of rotatable bonds is 3. The van der Waals surface area contributed by atoms with Crippen LogP contribution in [0.2, 0.25) is 5.02 Å². The molecule has 2 aromatic carbocycles. The van der Waals surface area contributed by atoms with Gasteiger partial charge in [-0.1, -0.05) is 39.7 Å². The topological polar surface area (TPSA) is 12.0 Å². The SMILES string of the molecule is Clc1ccc(Br)c(NCc2cccc(Br)c2)c1. The van der Waals surface area contributed by atoms with Crippen molar-refractivity contribution < 1.29 is 0 Å². The highest BCUT2D eigenvalue weighted by Crippen LogP contribution is 2.26. The van der Waals surface area contributed by atoms with Crippen LogP contribution in [0.15, 0.2) is 51.4 Å². The molecule has 1 N–H and O–H groups in total. The molecule has 0 saturated carbocycles. The second-order valence-electron chi connectivity index (χ2n) is 3.61. The minimum absolute atomic E-state index is 0.727. The fourth-order valence-corrected chi connectivity index (χ4v) is 2.48. The Bertz CT molecular complexity index is 529. The lowest BCUT2D eigenvalue weighted by Gasteiger charge is -2.09. The van der Waals surface area contributed by atoms with E-state index in [0.29, 0.717) is 0 Å². The van der Waals surface area contributed by atoms with Crippen LogP contribution in [0.3, 0.4) is 0 Å². The van der Waals surface area contributed by atoms with Gasteiger partial charge in [-0.25, -0.2) is 0 Å². The van der Waals surface area contributed by atoms with Crippen LogP contribution >= 0.6 is 43.5 Å². The van der Waals surface area contributed by atoms with Crippen LogP contribution in [-0.2, 0) is 6.54 Å². The maximum absolute atomic E-state index is 5.96. The predicted octanol–water partition coefficient (Wildman–Crippen LogP) is 5.48. The molecular weight excluding hydrogens is 365 g/mol. The van der Waals surface area contributed by atoms with Crippen molar-refractivity contribution in [3.05, 3.63) is 62.0 Å². The molecule has 0 atom stereocenters. The second kappa shape index (κ2) is 5.89. The van der Waals surface area contributed by atoms with Gasteiger partial charge in [0.05, 0.1) is 5.69 Å². The minimum atomic E-state index is 0.727. The van der Waals surface area contributed by atoms with Crippen LogP contribution < -0.4 is 5.32 Å². The van der Waals surface area contributed by atoms with Crippen molar-refractivity contribution in [1.82, 2.24) is 0 Å². The van der Waals surface area contributed by atoms with Crippen molar-refractivity contribution in [2.24, 2.45) is 0 Å². The fourth-order valence-electron chi connectivity index (χ4n) is 1.48. The monoisotopic (exact) mass is 373 g/mol. The van der Waals surface area contributed by atoms with Crippen LogP contribution in [0, 0.1) is 0 Å². The van der Waals surface area contributed by atoms with Crippen LogP contribution in [0.4, 0.5) is 5.69 Å². The number of benzene rings is 2. The lowest BCUT2D eigenvalue weighted by Crippen LogP contribution is -1.99. The summed E-state index contributed by atoms with van der Waals surface area (Å²) in [7, 11) is 0. The Labute approximate surface area is 122 Å². The normalized spacial score (nSPS) is 10.3. The molecule has 0 radical (unpaired) electrons. The van der Waals surface area contributed by atoms with Gasteiger partial charge in [0.15, 0.2) is 0 Å². The molecule has 0 spiro atoms. The zero-order valence-electron chi connectivity index (χ0n) is 8.88. The largest absolute Gasteiger partial charge is 0.380 e. The average Bonchev–Trinajstić information content (AvgIpc) is 2.30. The summed E-state index contributed by atoms with van der Waals surface area (Å²) in [6, 6.07) is 13.9. The Morgan fingerprint density at radius 1 is 1.06 bits per heavy atom. The zero-order chi connectivity index (χ0) is 12.3. The Balaban J connectivity index is 2.09. The predicted molar refractivity (Wildman–Crippen MR) is 80.6 cm³/mol. The quantitative estimate of drug-likeness (QED) is 0.749. The van der Waals surface area contributed by atoms with Crippen LogP contribution in [0.1, 0.15) is 5.56 Å². The van der Waals surface area contributed by atoms with Gasteiger partial charge in [-0.2, -0.15) is 0 Å². The summed E-state index contributed by atoms with van der Waals surface area (Å²) in [5.41, 5.74) is 2.21. The molecule has 0 aliphatic heterocycles. The van der Waals surface area contributed by atoms with Gasteiger partial charge in [0.25, 0.3) is 0 Å². The molecule has 1 nitrogen and oxygen atoms in total. The van der Waals surface area contributed by atoms with E-state index in [0.717, 1.165) is 26.2 Å². The third-order valence-electron chi connectivity index (χ3n) is 2.30. The molecule has 2 aromatic rings. The first kappa shape index (κ1) is 12.9. The summed E-state index contributed by atoms with van der Waals surface area (Å²) >= 11 is 12.9. The number of hydrogen-bond acceptors (Lipinski definition) is 1. The summed E-state index contributed by atoms with van der Waals surface area (Å²) in [4.78, 5) is 0. The van der Waals surface area contributed by atoms with E-state index in [1.807, 2.05) is 30.3 Å². The summed E-state index contributed by atoms with van der Waals surface area (Å²) in [5, 5.41) is 4.07. The maximum atomic E-state index is 5.96. The summed E-state index contributed by atoms with van der Waals surface area (Å²) in [5.74, 6) is 0. The van der Waals surface area contributed by atoms with Crippen molar-refractivity contribution >= 4 is 49.1 Å². The van der Waals surface area contributed by atoms with Crippen LogP contribution in [0.25, 0.3) is 0 Å². The molecule has 0 fully saturated rings. The molecule has 88 valence electrons. The number of hydrogen-bond donors (Lipinski definition) is 1. The highest BCUT2D eigenvalue weighted by molar-refractivity contribution is 9.10. The van der Waals surface area contributed by atoms with E-state index >= 15 is 0 Å². The first-order chi connectivity index (χ1) is 8.15. The number of halogens is 3. The molecular formula is C13H10Br2ClN. The van der Waals surface area contributed by atoms with E-state index in [9.17, 15) is 0 Å². The van der Waals surface area contributed by atoms with Gasteiger partial charge in [0, 0.05) is 20.5 Å². The van der Waals surface area contributed by atoms with E-state index in [1.54, 1.807) is 0 Å². The van der Waals surface area contributed by atoms with E-state index in [-0.39, 0.29) is 0 Å². The van der Waals surface area contributed by atoms with E-state index in [2.05, 4.69) is 49.3 Å². The molecule has 0 aromatic heterocycles.